The highest BCUT2D eigenvalue weighted by atomic mass is 79.9. The van der Waals surface area contributed by atoms with E-state index < -0.39 is 5.54 Å². The third kappa shape index (κ3) is 2.27. The van der Waals surface area contributed by atoms with Gasteiger partial charge in [0.05, 0.1) is 17.8 Å². The molecule has 0 bridgehead atoms. The van der Waals surface area contributed by atoms with Crippen molar-refractivity contribution in [1.29, 1.82) is 0 Å². The monoisotopic (exact) mass is 244 g/mol. The van der Waals surface area contributed by atoms with Gasteiger partial charge in [-0.3, -0.25) is 4.98 Å². The summed E-state index contributed by atoms with van der Waals surface area (Å²) in [4.78, 5) is 4.19. The van der Waals surface area contributed by atoms with Gasteiger partial charge in [0.1, 0.15) is 0 Å². The number of aliphatic hydroxyl groups excluding tert-OH is 1. The first-order chi connectivity index (χ1) is 5.97. The van der Waals surface area contributed by atoms with Crippen molar-refractivity contribution in [3.05, 3.63) is 28.0 Å². The number of aryl methyl sites for hydroxylation is 1. The van der Waals surface area contributed by atoms with Crippen LogP contribution in [0, 0.1) is 6.92 Å². The molecule has 1 rings (SSSR count). The lowest BCUT2D eigenvalue weighted by molar-refractivity contribution is 0.206. The molecule has 3 N–H and O–H groups in total. The smallest absolute Gasteiger partial charge is 0.0791 e. The Balaban J connectivity index is 3.16. The Labute approximate surface area is 86.1 Å². The highest BCUT2D eigenvalue weighted by Crippen LogP contribution is 2.21. The van der Waals surface area contributed by atoms with Crippen molar-refractivity contribution in [2.75, 3.05) is 6.61 Å². The maximum absolute atomic E-state index is 9.06. The van der Waals surface area contributed by atoms with Crippen LogP contribution in [0.25, 0.3) is 0 Å². The van der Waals surface area contributed by atoms with Gasteiger partial charge < -0.3 is 10.8 Å². The average Bonchev–Trinajstić information content (AvgIpc) is 2.03. The second-order valence-electron chi connectivity index (χ2n) is 3.39. The predicted molar refractivity (Wildman–Crippen MR) is 55.3 cm³/mol. The van der Waals surface area contributed by atoms with Gasteiger partial charge in [-0.25, -0.2) is 0 Å². The van der Waals surface area contributed by atoms with Gasteiger partial charge in [-0.1, -0.05) is 0 Å². The molecule has 0 aliphatic rings. The molecule has 1 aromatic rings. The van der Waals surface area contributed by atoms with E-state index in [1.807, 2.05) is 13.0 Å². The van der Waals surface area contributed by atoms with E-state index in [0.29, 0.717) is 0 Å². The Kier molecular flexibility index (Phi) is 3.05. The van der Waals surface area contributed by atoms with Crippen molar-refractivity contribution in [2.45, 2.75) is 19.4 Å². The van der Waals surface area contributed by atoms with Crippen molar-refractivity contribution in [1.82, 2.24) is 4.98 Å². The number of aliphatic hydroxyl groups is 1. The highest BCUT2D eigenvalue weighted by Gasteiger charge is 2.23. The minimum absolute atomic E-state index is 0.109. The number of halogens is 1. The molecule has 0 fully saturated rings. The van der Waals surface area contributed by atoms with E-state index in [9.17, 15) is 0 Å². The van der Waals surface area contributed by atoms with E-state index in [-0.39, 0.29) is 6.61 Å². The normalized spacial score (nSPS) is 15.5. The fourth-order valence-corrected chi connectivity index (χ4v) is 1.66. The number of rotatable bonds is 2. The lowest BCUT2D eigenvalue weighted by Gasteiger charge is -2.22. The third-order valence-electron chi connectivity index (χ3n) is 1.91. The Hall–Kier alpha value is -0.450. The number of hydrogen-bond donors (Lipinski definition) is 2. The number of aromatic nitrogens is 1. The molecular formula is C9H13BrN2O. The van der Waals surface area contributed by atoms with Crippen LogP contribution in [-0.2, 0) is 5.54 Å². The van der Waals surface area contributed by atoms with E-state index in [1.165, 1.54) is 0 Å². The minimum atomic E-state index is -0.759. The Morgan fingerprint density at radius 2 is 2.31 bits per heavy atom. The van der Waals surface area contributed by atoms with Gasteiger partial charge in [0.2, 0.25) is 0 Å². The summed E-state index contributed by atoms with van der Waals surface area (Å²) < 4.78 is 0.919. The van der Waals surface area contributed by atoms with E-state index in [2.05, 4.69) is 20.9 Å². The van der Waals surface area contributed by atoms with Crippen LogP contribution in [0.3, 0.4) is 0 Å². The first kappa shape index (κ1) is 10.6. The summed E-state index contributed by atoms with van der Waals surface area (Å²) in [7, 11) is 0. The van der Waals surface area contributed by atoms with Gasteiger partial charge >= 0.3 is 0 Å². The summed E-state index contributed by atoms with van der Waals surface area (Å²) in [6.07, 6.45) is 1.68. The largest absolute Gasteiger partial charge is 0.394 e. The Morgan fingerprint density at radius 1 is 1.69 bits per heavy atom. The van der Waals surface area contributed by atoms with Gasteiger partial charge in [0.25, 0.3) is 0 Å². The molecule has 0 aliphatic heterocycles. The lowest BCUT2D eigenvalue weighted by Crippen LogP contribution is -2.38. The van der Waals surface area contributed by atoms with Crippen molar-refractivity contribution in [2.24, 2.45) is 5.73 Å². The van der Waals surface area contributed by atoms with E-state index >= 15 is 0 Å². The van der Waals surface area contributed by atoms with Crippen molar-refractivity contribution >= 4 is 15.9 Å². The van der Waals surface area contributed by atoms with Crippen LogP contribution in [0.15, 0.2) is 16.7 Å². The zero-order valence-corrected chi connectivity index (χ0v) is 9.30. The highest BCUT2D eigenvalue weighted by molar-refractivity contribution is 9.10. The Bertz CT molecular complexity index is 312. The summed E-state index contributed by atoms with van der Waals surface area (Å²) in [6.45, 7) is 3.58. The third-order valence-corrected chi connectivity index (χ3v) is 2.35. The SMILES string of the molecule is Cc1cc(Br)cnc1[C@@](C)(N)CO. The molecule has 13 heavy (non-hydrogen) atoms. The average molecular weight is 245 g/mol. The van der Waals surface area contributed by atoms with Crippen LogP contribution < -0.4 is 5.73 Å². The summed E-state index contributed by atoms with van der Waals surface area (Å²) in [5.74, 6) is 0. The predicted octanol–water partition coefficient (Wildman–Crippen LogP) is 1.32. The fraction of sp³-hybridized carbons (Fsp3) is 0.444. The first-order valence-corrected chi connectivity index (χ1v) is 4.79. The molecule has 72 valence electrons. The van der Waals surface area contributed by atoms with Crippen LogP contribution in [0.1, 0.15) is 18.2 Å². The minimum Gasteiger partial charge on any atom is -0.394 e. The van der Waals surface area contributed by atoms with Crippen LogP contribution >= 0.6 is 15.9 Å². The number of hydrogen-bond acceptors (Lipinski definition) is 3. The quantitative estimate of drug-likeness (QED) is 0.826. The first-order valence-electron chi connectivity index (χ1n) is 4.00. The number of nitrogens with two attached hydrogens (primary N) is 1. The molecule has 0 radical (unpaired) electrons. The molecule has 0 aliphatic carbocycles. The molecule has 0 spiro atoms. The summed E-state index contributed by atoms with van der Waals surface area (Å²) in [5, 5.41) is 9.06. The molecule has 1 atom stereocenters. The summed E-state index contributed by atoms with van der Waals surface area (Å²) in [6, 6.07) is 1.93. The number of nitrogens with zero attached hydrogens (tertiary/aromatic N) is 1. The van der Waals surface area contributed by atoms with E-state index in [0.717, 1.165) is 15.7 Å². The zero-order valence-electron chi connectivity index (χ0n) is 7.71. The molecule has 0 unspecified atom stereocenters. The molecule has 1 heterocycles. The van der Waals surface area contributed by atoms with Crippen LogP contribution in [-0.4, -0.2) is 16.7 Å². The van der Waals surface area contributed by atoms with Crippen molar-refractivity contribution in [3.63, 3.8) is 0 Å². The molecular weight excluding hydrogens is 232 g/mol. The molecule has 0 aromatic carbocycles. The summed E-state index contributed by atoms with van der Waals surface area (Å²) in [5.41, 5.74) is 6.82. The molecule has 0 saturated heterocycles. The van der Waals surface area contributed by atoms with Gasteiger partial charge in [0, 0.05) is 10.7 Å². The second kappa shape index (κ2) is 3.74. The maximum Gasteiger partial charge on any atom is 0.0791 e. The van der Waals surface area contributed by atoms with E-state index in [4.69, 9.17) is 10.8 Å². The van der Waals surface area contributed by atoms with E-state index in [1.54, 1.807) is 13.1 Å². The fourth-order valence-electron chi connectivity index (χ4n) is 1.21. The van der Waals surface area contributed by atoms with Crippen LogP contribution in [0.5, 0.6) is 0 Å². The molecule has 0 saturated carbocycles. The van der Waals surface area contributed by atoms with Gasteiger partial charge in [-0.05, 0) is 41.4 Å². The summed E-state index contributed by atoms with van der Waals surface area (Å²) >= 11 is 3.32. The maximum atomic E-state index is 9.06. The van der Waals surface area contributed by atoms with Crippen molar-refractivity contribution in [3.8, 4) is 0 Å². The van der Waals surface area contributed by atoms with Gasteiger partial charge in [0.15, 0.2) is 0 Å². The second-order valence-corrected chi connectivity index (χ2v) is 4.31. The molecule has 3 nitrogen and oxygen atoms in total. The van der Waals surface area contributed by atoms with Crippen LogP contribution in [0.4, 0.5) is 0 Å². The number of pyridine rings is 1. The topological polar surface area (TPSA) is 59.1 Å². The molecule has 4 heteroatoms. The molecule has 1 aromatic heterocycles. The van der Waals surface area contributed by atoms with Crippen LogP contribution in [0.2, 0.25) is 0 Å². The van der Waals surface area contributed by atoms with Crippen molar-refractivity contribution < 1.29 is 5.11 Å². The van der Waals surface area contributed by atoms with Gasteiger partial charge in [-0.2, -0.15) is 0 Å². The lowest BCUT2D eigenvalue weighted by atomic mass is 9.96. The Morgan fingerprint density at radius 3 is 2.77 bits per heavy atom. The zero-order chi connectivity index (χ0) is 10.1. The molecule has 0 amide bonds. The standard InChI is InChI=1S/C9H13BrN2O/c1-6-3-7(10)4-12-8(6)9(2,11)5-13/h3-4,13H,5,11H2,1-2H3/t9-/m0/s1. The van der Waals surface area contributed by atoms with Gasteiger partial charge in [-0.15, -0.1) is 0 Å².